The molecule has 4 nitrogen and oxygen atoms in total. The molecule has 1 amide bonds. The molecule has 0 fully saturated rings. The number of amides is 1. The van der Waals surface area contributed by atoms with Crippen molar-refractivity contribution < 1.29 is 9.90 Å². The summed E-state index contributed by atoms with van der Waals surface area (Å²) in [5.74, 6) is 0.0242. The number of aliphatic hydroxyl groups is 1. The minimum Gasteiger partial charge on any atom is -0.396 e. The maximum absolute atomic E-state index is 13.3. The van der Waals surface area contributed by atoms with Gasteiger partial charge in [0.15, 0.2) is 0 Å². The molecule has 5 heteroatoms. The summed E-state index contributed by atoms with van der Waals surface area (Å²) in [7, 11) is 0. The highest BCUT2D eigenvalue weighted by Crippen LogP contribution is 2.45. The first-order valence-corrected chi connectivity index (χ1v) is 10.9. The van der Waals surface area contributed by atoms with Gasteiger partial charge in [0.2, 0.25) is 0 Å². The number of carbonyl (C=O) groups is 1. The number of aromatic nitrogens is 1. The summed E-state index contributed by atoms with van der Waals surface area (Å²) in [6, 6.07) is 24.1. The van der Waals surface area contributed by atoms with Gasteiger partial charge in [-0.1, -0.05) is 64.5 Å². The van der Waals surface area contributed by atoms with Crippen molar-refractivity contribution in [2.24, 2.45) is 0 Å². The molecule has 0 saturated heterocycles. The van der Waals surface area contributed by atoms with E-state index in [9.17, 15) is 9.90 Å². The van der Waals surface area contributed by atoms with E-state index in [0.717, 1.165) is 43.3 Å². The molecule has 30 heavy (non-hydrogen) atoms. The predicted octanol–water partition coefficient (Wildman–Crippen LogP) is 5.53. The van der Waals surface area contributed by atoms with Crippen LogP contribution in [0.5, 0.6) is 0 Å². The van der Waals surface area contributed by atoms with Gasteiger partial charge in [-0.15, -0.1) is 0 Å². The predicted molar refractivity (Wildman–Crippen MR) is 122 cm³/mol. The number of carbonyl (C=O) groups excluding carboxylic acids is 1. The van der Waals surface area contributed by atoms with E-state index in [1.165, 1.54) is 0 Å². The Morgan fingerprint density at radius 2 is 1.70 bits per heavy atom. The zero-order valence-corrected chi connectivity index (χ0v) is 17.9. The standard InChI is InChI=1S/C25H21BrN2O2/c26-17-12-10-16(11-13-17)23-22(20-8-3-4-9-21(20)27-23)24-18-6-1-2-7-19(18)25(30)28(24)14-5-15-29/h1-4,6-13,24,27,29H,5,14-15H2. The number of hydrogen-bond donors (Lipinski definition) is 2. The van der Waals surface area contributed by atoms with E-state index in [2.05, 4.69) is 45.2 Å². The Morgan fingerprint density at radius 3 is 2.50 bits per heavy atom. The first-order chi connectivity index (χ1) is 14.7. The van der Waals surface area contributed by atoms with Gasteiger partial charge in [-0.2, -0.15) is 0 Å². The second kappa shape index (κ2) is 7.74. The Kier molecular flexibility index (Phi) is 4.93. The van der Waals surface area contributed by atoms with Crippen molar-refractivity contribution in [1.82, 2.24) is 9.88 Å². The lowest BCUT2D eigenvalue weighted by Gasteiger charge is -2.26. The van der Waals surface area contributed by atoms with Crippen molar-refractivity contribution in [3.63, 3.8) is 0 Å². The molecule has 0 saturated carbocycles. The third kappa shape index (κ3) is 3.06. The van der Waals surface area contributed by atoms with Gasteiger partial charge in [0.25, 0.3) is 5.91 Å². The molecular formula is C25H21BrN2O2. The van der Waals surface area contributed by atoms with E-state index in [-0.39, 0.29) is 18.6 Å². The normalized spacial score (nSPS) is 15.7. The second-order valence-corrected chi connectivity index (χ2v) is 8.45. The van der Waals surface area contributed by atoms with Gasteiger partial charge in [-0.25, -0.2) is 0 Å². The molecule has 2 N–H and O–H groups in total. The SMILES string of the molecule is O=C1c2ccccc2C(c2c(-c3ccc(Br)cc3)[nH]c3ccccc23)N1CCCO. The van der Waals surface area contributed by atoms with Gasteiger partial charge in [0, 0.05) is 39.7 Å². The van der Waals surface area contributed by atoms with Gasteiger partial charge in [0.05, 0.1) is 11.7 Å². The largest absolute Gasteiger partial charge is 0.396 e. The number of rotatable bonds is 5. The Labute approximate surface area is 183 Å². The van der Waals surface area contributed by atoms with Gasteiger partial charge in [-0.3, -0.25) is 4.79 Å². The smallest absolute Gasteiger partial charge is 0.255 e. The molecule has 1 atom stereocenters. The Balaban J connectivity index is 1.77. The van der Waals surface area contributed by atoms with Crippen molar-refractivity contribution in [2.75, 3.05) is 13.2 Å². The van der Waals surface area contributed by atoms with Crippen LogP contribution in [0.3, 0.4) is 0 Å². The van der Waals surface area contributed by atoms with Crippen LogP contribution in [0.25, 0.3) is 22.2 Å². The first-order valence-electron chi connectivity index (χ1n) is 10.1. The van der Waals surface area contributed by atoms with Crippen LogP contribution in [0.15, 0.2) is 77.3 Å². The van der Waals surface area contributed by atoms with Crippen LogP contribution in [0.2, 0.25) is 0 Å². The van der Waals surface area contributed by atoms with Crippen molar-refractivity contribution in [1.29, 1.82) is 0 Å². The maximum Gasteiger partial charge on any atom is 0.255 e. The quantitative estimate of drug-likeness (QED) is 0.411. The highest BCUT2D eigenvalue weighted by Gasteiger charge is 2.39. The second-order valence-electron chi connectivity index (χ2n) is 7.53. The van der Waals surface area contributed by atoms with Crippen LogP contribution >= 0.6 is 15.9 Å². The summed E-state index contributed by atoms with van der Waals surface area (Å²) in [6.45, 7) is 0.564. The molecule has 0 bridgehead atoms. The number of para-hydroxylation sites is 1. The molecule has 0 radical (unpaired) electrons. The average molecular weight is 461 g/mol. The van der Waals surface area contributed by atoms with Gasteiger partial charge in [0.1, 0.15) is 0 Å². The van der Waals surface area contributed by atoms with Crippen LogP contribution in [0.4, 0.5) is 0 Å². The Morgan fingerprint density at radius 1 is 0.967 bits per heavy atom. The fourth-order valence-electron chi connectivity index (χ4n) is 4.45. The molecular weight excluding hydrogens is 440 g/mol. The summed E-state index contributed by atoms with van der Waals surface area (Å²) >= 11 is 3.52. The zero-order valence-electron chi connectivity index (χ0n) is 16.3. The summed E-state index contributed by atoms with van der Waals surface area (Å²) < 4.78 is 1.02. The number of benzene rings is 3. The molecule has 2 heterocycles. The fourth-order valence-corrected chi connectivity index (χ4v) is 4.71. The number of H-pyrrole nitrogens is 1. The third-order valence-corrected chi connectivity index (χ3v) is 6.30. The molecule has 150 valence electrons. The lowest BCUT2D eigenvalue weighted by atomic mass is 9.93. The van der Waals surface area contributed by atoms with Gasteiger partial charge >= 0.3 is 0 Å². The van der Waals surface area contributed by atoms with Crippen molar-refractivity contribution in [3.8, 4) is 11.3 Å². The minimum atomic E-state index is -0.199. The maximum atomic E-state index is 13.3. The molecule has 1 unspecified atom stereocenters. The molecule has 1 aliphatic rings. The molecule has 0 aliphatic carbocycles. The van der Waals surface area contributed by atoms with Crippen molar-refractivity contribution >= 4 is 32.7 Å². The number of fused-ring (bicyclic) bond motifs is 2. The topological polar surface area (TPSA) is 56.3 Å². The number of nitrogens with zero attached hydrogens (tertiary/aromatic N) is 1. The molecule has 0 spiro atoms. The third-order valence-electron chi connectivity index (χ3n) is 5.77. The summed E-state index contributed by atoms with van der Waals surface area (Å²) in [5, 5.41) is 10.5. The van der Waals surface area contributed by atoms with E-state index < -0.39 is 0 Å². The average Bonchev–Trinajstić information content (AvgIpc) is 3.28. The lowest BCUT2D eigenvalue weighted by molar-refractivity contribution is 0.0739. The Hall–Kier alpha value is -2.89. The zero-order chi connectivity index (χ0) is 20.7. The molecule has 3 aromatic carbocycles. The fraction of sp³-hybridized carbons (Fsp3) is 0.160. The number of nitrogens with one attached hydrogen (secondary N) is 1. The summed E-state index contributed by atoms with van der Waals surface area (Å²) in [6.07, 6.45) is 0.548. The van der Waals surface area contributed by atoms with Gasteiger partial charge < -0.3 is 15.0 Å². The monoisotopic (exact) mass is 460 g/mol. The first kappa shape index (κ1) is 19.1. The van der Waals surface area contributed by atoms with Crippen LogP contribution in [0.1, 0.15) is 33.9 Å². The highest BCUT2D eigenvalue weighted by atomic mass is 79.9. The molecule has 1 aromatic heterocycles. The van der Waals surface area contributed by atoms with Crippen molar-refractivity contribution in [3.05, 3.63) is 94.0 Å². The Bertz CT molecular complexity index is 1230. The summed E-state index contributed by atoms with van der Waals surface area (Å²) in [4.78, 5) is 18.8. The van der Waals surface area contributed by atoms with Gasteiger partial charge in [-0.05, 0) is 41.8 Å². The summed E-state index contributed by atoms with van der Waals surface area (Å²) in [5.41, 5.74) is 6.00. The number of aromatic amines is 1. The number of halogens is 1. The van der Waals surface area contributed by atoms with Crippen LogP contribution < -0.4 is 0 Å². The lowest BCUT2D eigenvalue weighted by Crippen LogP contribution is -2.30. The van der Waals surface area contributed by atoms with E-state index >= 15 is 0 Å². The van der Waals surface area contributed by atoms with E-state index in [1.54, 1.807) is 0 Å². The van der Waals surface area contributed by atoms with Crippen LogP contribution in [-0.2, 0) is 0 Å². The molecule has 5 rings (SSSR count). The minimum absolute atomic E-state index is 0.0242. The van der Waals surface area contributed by atoms with E-state index in [4.69, 9.17) is 0 Å². The van der Waals surface area contributed by atoms with Crippen molar-refractivity contribution in [2.45, 2.75) is 12.5 Å². The van der Waals surface area contributed by atoms with Crippen LogP contribution in [-0.4, -0.2) is 34.0 Å². The van der Waals surface area contributed by atoms with E-state index in [1.807, 2.05) is 53.4 Å². The number of hydrogen-bond acceptors (Lipinski definition) is 2. The molecule has 4 aromatic rings. The molecule has 1 aliphatic heterocycles. The van der Waals surface area contributed by atoms with Crippen LogP contribution in [0, 0.1) is 0 Å². The van der Waals surface area contributed by atoms with E-state index in [0.29, 0.717) is 13.0 Å². The number of aliphatic hydroxyl groups excluding tert-OH is 1. The highest BCUT2D eigenvalue weighted by molar-refractivity contribution is 9.10.